The lowest BCUT2D eigenvalue weighted by atomic mass is 10.2. The Morgan fingerprint density at radius 1 is 1.07 bits per heavy atom. The average molecular weight is 368 g/mol. The highest BCUT2D eigenvalue weighted by atomic mass is 19.1. The van der Waals surface area contributed by atoms with Crippen molar-refractivity contribution in [3.05, 3.63) is 83.9 Å². The van der Waals surface area contributed by atoms with Crippen LogP contribution in [-0.4, -0.2) is 29.5 Å². The summed E-state index contributed by atoms with van der Waals surface area (Å²) in [5.41, 5.74) is 2.12. The number of anilines is 2. The van der Waals surface area contributed by atoms with Crippen LogP contribution >= 0.6 is 0 Å². The summed E-state index contributed by atoms with van der Waals surface area (Å²) in [7, 11) is 1.90. The molecule has 2 aromatic heterocycles. The maximum atomic E-state index is 13.7. The molecule has 0 fully saturated rings. The van der Waals surface area contributed by atoms with Crippen LogP contribution in [0.5, 0.6) is 0 Å². The molecule has 27 heavy (non-hydrogen) atoms. The van der Waals surface area contributed by atoms with Gasteiger partial charge in [-0.1, -0.05) is 0 Å². The van der Waals surface area contributed by atoms with E-state index in [1.807, 2.05) is 24.1 Å². The maximum absolute atomic E-state index is 13.7. The number of aromatic nitrogens is 2. The van der Waals surface area contributed by atoms with Gasteiger partial charge in [0.15, 0.2) is 0 Å². The first-order valence-electron chi connectivity index (χ1n) is 8.34. The molecule has 0 bridgehead atoms. The fourth-order valence-electron chi connectivity index (χ4n) is 2.52. The number of hydrogen-bond acceptors (Lipinski definition) is 4. The minimum atomic E-state index is -0.832. The van der Waals surface area contributed by atoms with Crippen molar-refractivity contribution < 1.29 is 13.6 Å². The van der Waals surface area contributed by atoms with Crippen LogP contribution in [0.25, 0.3) is 0 Å². The van der Waals surface area contributed by atoms with E-state index in [0.717, 1.165) is 36.3 Å². The zero-order chi connectivity index (χ0) is 19.2. The highest BCUT2D eigenvalue weighted by Gasteiger charge is 2.12. The van der Waals surface area contributed by atoms with Gasteiger partial charge in [-0.05, 0) is 42.3 Å². The zero-order valence-corrected chi connectivity index (χ0v) is 14.7. The largest absolute Gasteiger partial charge is 0.373 e. The second-order valence-electron chi connectivity index (χ2n) is 6.04. The Bertz CT molecular complexity index is 934. The van der Waals surface area contributed by atoms with Crippen molar-refractivity contribution in [1.29, 1.82) is 0 Å². The lowest BCUT2D eigenvalue weighted by Gasteiger charge is -2.19. The SMILES string of the molecule is CN(CCc1ccncc1)c1cncc(C(=O)Nc2ccc(F)cc2F)c1. The van der Waals surface area contributed by atoms with E-state index in [4.69, 9.17) is 0 Å². The molecule has 0 atom stereocenters. The first kappa shape index (κ1) is 18.4. The van der Waals surface area contributed by atoms with E-state index in [0.29, 0.717) is 0 Å². The number of likely N-dealkylation sites (N-methyl/N-ethyl adjacent to an activating group) is 1. The first-order valence-corrected chi connectivity index (χ1v) is 8.34. The number of nitrogens with zero attached hydrogens (tertiary/aromatic N) is 3. The number of nitrogens with one attached hydrogen (secondary N) is 1. The number of halogens is 2. The second kappa shape index (κ2) is 8.35. The molecule has 7 heteroatoms. The lowest BCUT2D eigenvalue weighted by molar-refractivity contribution is 0.102. The highest BCUT2D eigenvalue weighted by molar-refractivity contribution is 6.04. The third-order valence-electron chi connectivity index (χ3n) is 4.09. The number of pyridine rings is 2. The number of hydrogen-bond donors (Lipinski definition) is 1. The molecule has 0 aliphatic carbocycles. The van der Waals surface area contributed by atoms with Crippen molar-refractivity contribution in [3.63, 3.8) is 0 Å². The molecule has 138 valence electrons. The van der Waals surface area contributed by atoms with Gasteiger partial charge in [0.1, 0.15) is 11.6 Å². The Morgan fingerprint density at radius 2 is 1.85 bits per heavy atom. The fraction of sp³-hybridized carbons (Fsp3) is 0.150. The van der Waals surface area contributed by atoms with Gasteiger partial charge in [0.2, 0.25) is 0 Å². The molecule has 1 N–H and O–H groups in total. The van der Waals surface area contributed by atoms with Crippen LogP contribution in [0.3, 0.4) is 0 Å². The monoisotopic (exact) mass is 368 g/mol. The molecule has 0 radical (unpaired) electrons. The molecule has 0 unspecified atom stereocenters. The van der Waals surface area contributed by atoms with Crippen molar-refractivity contribution in [2.75, 3.05) is 23.8 Å². The van der Waals surface area contributed by atoms with Crippen LogP contribution in [0.4, 0.5) is 20.2 Å². The summed E-state index contributed by atoms with van der Waals surface area (Å²) in [6.07, 6.45) is 7.36. The Morgan fingerprint density at radius 3 is 2.59 bits per heavy atom. The lowest BCUT2D eigenvalue weighted by Crippen LogP contribution is -2.21. The van der Waals surface area contributed by atoms with Gasteiger partial charge < -0.3 is 10.2 Å². The number of carbonyl (C=O) groups excluding carboxylic acids is 1. The van der Waals surface area contributed by atoms with E-state index in [1.54, 1.807) is 24.7 Å². The molecule has 1 aromatic carbocycles. The van der Waals surface area contributed by atoms with E-state index in [-0.39, 0.29) is 11.3 Å². The number of benzene rings is 1. The predicted octanol–water partition coefficient (Wildman–Crippen LogP) is 3.69. The van der Waals surface area contributed by atoms with Gasteiger partial charge in [-0.15, -0.1) is 0 Å². The van der Waals surface area contributed by atoms with Crippen LogP contribution < -0.4 is 10.2 Å². The predicted molar refractivity (Wildman–Crippen MR) is 99.8 cm³/mol. The molecule has 0 aliphatic rings. The van der Waals surface area contributed by atoms with Gasteiger partial charge in [-0.25, -0.2) is 8.78 Å². The maximum Gasteiger partial charge on any atom is 0.257 e. The molecule has 0 aliphatic heterocycles. The van der Waals surface area contributed by atoms with E-state index in [9.17, 15) is 13.6 Å². The summed E-state index contributed by atoms with van der Waals surface area (Å²) in [4.78, 5) is 22.4. The van der Waals surface area contributed by atoms with Crippen molar-refractivity contribution in [1.82, 2.24) is 9.97 Å². The minimum absolute atomic E-state index is 0.0853. The van der Waals surface area contributed by atoms with Gasteiger partial charge in [-0.3, -0.25) is 14.8 Å². The minimum Gasteiger partial charge on any atom is -0.373 e. The van der Waals surface area contributed by atoms with Crippen molar-refractivity contribution >= 4 is 17.3 Å². The smallest absolute Gasteiger partial charge is 0.257 e. The van der Waals surface area contributed by atoms with Crippen molar-refractivity contribution in [2.24, 2.45) is 0 Å². The summed E-state index contributed by atoms with van der Waals surface area (Å²) < 4.78 is 26.7. The quantitative estimate of drug-likeness (QED) is 0.721. The highest BCUT2D eigenvalue weighted by Crippen LogP contribution is 2.18. The Labute approximate surface area is 155 Å². The van der Waals surface area contributed by atoms with Crippen molar-refractivity contribution in [2.45, 2.75) is 6.42 Å². The molecule has 5 nitrogen and oxygen atoms in total. The van der Waals surface area contributed by atoms with E-state index in [1.165, 1.54) is 12.3 Å². The summed E-state index contributed by atoms with van der Waals surface area (Å²) in [5.74, 6) is -2.05. The van der Waals surface area contributed by atoms with Crippen LogP contribution in [0.15, 0.2) is 61.2 Å². The van der Waals surface area contributed by atoms with Crippen LogP contribution in [0.1, 0.15) is 15.9 Å². The Kier molecular flexibility index (Phi) is 5.71. The molecular weight excluding hydrogens is 350 g/mol. The summed E-state index contributed by atoms with van der Waals surface area (Å²) in [5, 5.41) is 2.43. The Balaban J connectivity index is 1.67. The summed E-state index contributed by atoms with van der Waals surface area (Å²) in [6, 6.07) is 8.56. The molecule has 3 rings (SSSR count). The summed E-state index contributed by atoms with van der Waals surface area (Å²) >= 11 is 0. The fourth-order valence-corrected chi connectivity index (χ4v) is 2.52. The van der Waals surface area contributed by atoms with Gasteiger partial charge in [0.05, 0.1) is 23.1 Å². The number of carbonyl (C=O) groups is 1. The average Bonchev–Trinajstić information content (AvgIpc) is 2.69. The zero-order valence-electron chi connectivity index (χ0n) is 14.7. The molecule has 1 amide bonds. The third-order valence-corrected chi connectivity index (χ3v) is 4.09. The number of amides is 1. The van der Waals surface area contributed by atoms with Gasteiger partial charge in [-0.2, -0.15) is 0 Å². The molecule has 0 spiro atoms. The van der Waals surface area contributed by atoms with Crippen LogP contribution in [0, 0.1) is 11.6 Å². The normalized spacial score (nSPS) is 10.5. The standard InChI is InChI=1S/C20H18F2N4O/c1-26(9-6-14-4-7-23-8-5-14)17-10-15(12-24-13-17)20(27)25-19-3-2-16(21)11-18(19)22/h2-5,7-8,10-13H,6,9H2,1H3,(H,25,27). The molecule has 0 saturated heterocycles. The van der Waals surface area contributed by atoms with E-state index in [2.05, 4.69) is 15.3 Å². The first-order chi connectivity index (χ1) is 13.0. The molecular formula is C20H18F2N4O. The Hall–Kier alpha value is -3.35. The second-order valence-corrected chi connectivity index (χ2v) is 6.04. The van der Waals surface area contributed by atoms with E-state index < -0.39 is 17.5 Å². The molecule has 2 heterocycles. The van der Waals surface area contributed by atoms with Crippen LogP contribution in [0.2, 0.25) is 0 Å². The van der Waals surface area contributed by atoms with Gasteiger partial charge in [0, 0.05) is 38.2 Å². The topological polar surface area (TPSA) is 58.1 Å². The third kappa shape index (κ3) is 4.84. The molecule has 0 saturated carbocycles. The van der Waals surface area contributed by atoms with Crippen molar-refractivity contribution in [3.8, 4) is 0 Å². The van der Waals surface area contributed by atoms with E-state index >= 15 is 0 Å². The van der Waals surface area contributed by atoms with Crippen LogP contribution in [-0.2, 0) is 6.42 Å². The summed E-state index contributed by atoms with van der Waals surface area (Å²) in [6.45, 7) is 0.726. The van der Waals surface area contributed by atoms with Gasteiger partial charge in [0.25, 0.3) is 5.91 Å². The van der Waals surface area contributed by atoms with Gasteiger partial charge >= 0.3 is 0 Å². The molecule has 3 aromatic rings. The number of rotatable bonds is 6.